The van der Waals surface area contributed by atoms with E-state index in [4.69, 9.17) is 4.74 Å². The van der Waals surface area contributed by atoms with Crippen molar-refractivity contribution in [3.63, 3.8) is 0 Å². The highest BCUT2D eigenvalue weighted by atomic mass is 32.2. The molecule has 28 heavy (non-hydrogen) atoms. The zero-order valence-corrected chi connectivity index (χ0v) is 16.7. The van der Waals surface area contributed by atoms with Crippen molar-refractivity contribution in [2.75, 3.05) is 17.1 Å². The van der Waals surface area contributed by atoms with Gasteiger partial charge in [0.15, 0.2) is 0 Å². The Morgan fingerprint density at radius 2 is 1.82 bits per heavy atom. The van der Waals surface area contributed by atoms with Gasteiger partial charge in [-0.15, -0.1) is 0 Å². The summed E-state index contributed by atoms with van der Waals surface area (Å²) in [6.07, 6.45) is 3.30. The SMILES string of the molecule is COc1cc(C)c(C)cc1S(=O)(=O)Nc1ccc(NCc2ccccn2)cn1. The molecule has 2 aromatic heterocycles. The van der Waals surface area contributed by atoms with E-state index in [1.807, 2.05) is 32.0 Å². The lowest BCUT2D eigenvalue weighted by atomic mass is 10.1. The normalized spacial score (nSPS) is 11.1. The minimum atomic E-state index is -3.83. The monoisotopic (exact) mass is 398 g/mol. The second-order valence-electron chi connectivity index (χ2n) is 6.30. The molecule has 1 aromatic carbocycles. The van der Waals surface area contributed by atoms with Gasteiger partial charge in [-0.3, -0.25) is 9.71 Å². The summed E-state index contributed by atoms with van der Waals surface area (Å²) in [4.78, 5) is 8.50. The predicted octanol–water partition coefficient (Wildman–Crippen LogP) is 3.51. The minimum Gasteiger partial charge on any atom is -0.495 e. The van der Waals surface area contributed by atoms with E-state index in [2.05, 4.69) is 20.0 Å². The van der Waals surface area contributed by atoms with Gasteiger partial charge < -0.3 is 10.1 Å². The maximum absolute atomic E-state index is 12.8. The van der Waals surface area contributed by atoms with Crippen LogP contribution in [0.4, 0.5) is 11.5 Å². The molecule has 3 aromatic rings. The summed E-state index contributed by atoms with van der Waals surface area (Å²) in [7, 11) is -2.38. The molecule has 0 radical (unpaired) electrons. The molecule has 0 spiro atoms. The van der Waals surface area contributed by atoms with Crippen molar-refractivity contribution in [2.45, 2.75) is 25.3 Å². The number of nitrogens with zero attached hydrogens (tertiary/aromatic N) is 2. The first-order valence-electron chi connectivity index (χ1n) is 8.67. The molecule has 2 heterocycles. The van der Waals surface area contributed by atoms with Crippen LogP contribution in [0.3, 0.4) is 0 Å². The molecule has 3 rings (SSSR count). The Morgan fingerprint density at radius 1 is 1.04 bits per heavy atom. The zero-order valence-electron chi connectivity index (χ0n) is 15.9. The predicted molar refractivity (Wildman–Crippen MR) is 109 cm³/mol. The van der Waals surface area contributed by atoms with Gasteiger partial charge in [0.2, 0.25) is 0 Å². The highest BCUT2D eigenvalue weighted by Crippen LogP contribution is 2.28. The second-order valence-corrected chi connectivity index (χ2v) is 7.95. The maximum atomic E-state index is 12.8. The molecule has 0 aliphatic rings. The van der Waals surface area contributed by atoms with Crippen molar-refractivity contribution in [1.29, 1.82) is 0 Å². The lowest BCUT2D eigenvalue weighted by Crippen LogP contribution is -2.15. The van der Waals surface area contributed by atoms with Crippen molar-refractivity contribution < 1.29 is 13.2 Å². The summed E-state index contributed by atoms with van der Waals surface area (Å²) in [5, 5.41) is 3.19. The number of nitrogens with one attached hydrogen (secondary N) is 2. The Kier molecular flexibility index (Phi) is 5.79. The highest BCUT2D eigenvalue weighted by molar-refractivity contribution is 7.92. The Hall–Kier alpha value is -3.13. The van der Waals surface area contributed by atoms with Crippen molar-refractivity contribution in [1.82, 2.24) is 9.97 Å². The molecular weight excluding hydrogens is 376 g/mol. The average molecular weight is 398 g/mol. The van der Waals surface area contributed by atoms with Crippen LogP contribution < -0.4 is 14.8 Å². The van der Waals surface area contributed by atoms with Crippen LogP contribution in [-0.2, 0) is 16.6 Å². The first kappa shape index (κ1) is 19.6. The van der Waals surface area contributed by atoms with Crippen LogP contribution in [0.5, 0.6) is 5.75 Å². The van der Waals surface area contributed by atoms with Crippen LogP contribution in [0.1, 0.15) is 16.8 Å². The lowest BCUT2D eigenvalue weighted by molar-refractivity contribution is 0.402. The number of hydrogen-bond acceptors (Lipinski definition) is 6. The third-order valence-corrected chi connectivity index (χ3v) is 5.65. The number of benzene rings is 1. The van der Waals surface area contributed by atoms with Gasteiger partial charge in [-0.2, -0.15) is 0 Å². The third-order valence-electron chi connectivity index (χ3n) is 4.27. The molecule has 146 valence electrons. The summed E-state index contributed by atoms with van der Waals surface area (Å²) in [5.41, 5.74) is 3.48. The molecule has 0 atom stereocenters. The van der Waals surface area contributed by atoms with Gasteiger partial charge in [0.1, 0.15) is 16.5 Å². The van der Waals surface area contributed by atoms with Gasteiger partial charge in [0.25, 0.3) is 10.0 Å². The first-order valence-corrected chi connectivity index (χ1v) is 10.2. The summed E-state index contributed by atoms with van der Waals surface area (Å²) in [6.45, 7) is 4.31. The van der Waals surface area contributed by atoms with E-state index in [0.717, 1.165) is 22.5 Å². The molecule has 0 saturated carbocycles. The molecule has 0 saturated heterocycles. The highest BCUT2D eigenvalue weighted by Gasteiger charge is 2.21. The average Bonchev–Trinajstić information content (AvgIpc) is 2.69. The number of aryl methyl sites for hydroxylation is 2. The topological polar surface area (TPSA) is 93.2 Å². The number of methoxy groups -OCH3 is 1. The van der Waals surface area contributed by atoms with E-state index < -0.39 is 10.0 Å². The van der Waals surface area contributed by atoms with Crippen molar-refractivity contribution in [3.05, 3.63) is 71.7 Å². The molecule has 8 heteroatoms. The number of hydrogen-bond donors (Lipinski definition) is 2. The van der Waals surface area contributed by atoms with Crippen LogP contribution in [0, 0.1) is 13.8 Å². The Balaban J connectivity index is 1.73. The van der Waals surface area contributed by atoms with Gasteiger partial charge in [0.05, 0.1) is 31.2 Å². The molecular formula is C20H22N4O3S. The van der Waals surface area contributed by atoms with Crippen LogP contribution in [0.25, 0.3) is 0 Å². The van der Waals surface area contributed by atoms with Crippen LogP contribution in [0.2, 0.25) is 0 Å². The number of pyridine rings is 2. The molecule has 0 aliphatic carbocycles. The number of ether oxygens (including phenoxy) is 1. The van der Waals surface area contributed by atoms with E-state index in [0.29, 0.717) is 12.3 Å². The van der Waals surface area contributed by atoms with E-state index in [9.17, 15) is 8.42 Å². The minimum absolute atomic E-state index is 0.0808. The summed E-state index contributed by atoms with van der Waals surface area (Å²) in [6, 6.07) is 12.4. The summed E-state index contributed by atoms with van der Waals surface area (Å²) < 4.78 is 33.3. The standard InChI is InChI=1S/C20H22N4O3S/c1-14-10-18(27-3)19(11-15(14)2)28(25,26)24-20-8-7-17(13-23-20)22-12-16-6-4-5-9-21-16/h4-11,13,22H,12H2,1-3H3,(H,23,24). The number of sulfonamides is 1. The molecule has 0 unspecified atom stereocenters. The number of anilines is 2. The number of rotatable bonds is 7. The van der Waals surface area contributed by atoms with Crippen molar-refractivity contribution in [2.24, 2.45) is 0 Å². The van der Waals surface area contributed by atoms with Gasteiger partial charge in [-0.25, -0.2) is 13.4 Å². The fourth-order valence-electron chi connectivity index (χ4n) is 2.58. The van der Waals surface area contributed by atoms with E-state index in [1.165, 1.54) is 7.11 Å². The van der Waals surface area contributed by atoms with Gasteiger partial charge in [-0.1, -0.05) is 6.07 Å². The molecule has 0 amide bonds. The van der Waals surface area contributed by atoms with Crippen molar-refractivity contribution >= 4 is 21.5 Å². The largest absolute Gasteiger partial charge is 0.495 e. The molecule has 0 aliphatic heterocycles. The fraction of sp³-hybridized carbons (Fsp3) is 0.200. The van der Waals surface area contributed by atoms with Gasteiger partial charge >= 0.3 is 0 Å². The van der Waals surface area contributed by atoms with Crippen molar-refractivity contribution in [3.8, 4) is 5.75 Å². The van der Waals surface area contributed by atoms with Crippen LogP contribution in [-0.4, -0.2) is 25.5 Å². The van der Waals surface area contributed by atoms with E-state index in [-0.39, 0.29) is 10.7 Å². The Labute approximate surface area is 164 Å². The number of aromatic nitrogens is 2. The zero-order chi connectivity index (χ0) is 20.1. The van der Waals surface area contributed by atoms with E-state index >= 15 is 0 Å². The van der Waals surface area contributed by atoms with Gasteiger partial charge in [0, 0.05) is 6.20 Å². The molecule has 7 nitrogen and oxygen atoms in total. The second kappa shape index (κ2) is 8.26. The Morgan fingerprint density at radius 3 is 2.46 bits per heavy atom. The van der Waals surface area contributed by atoms with E-state index in [1.54, 1.807) is 36.7 Å². The molecule has 0 fully saturated rings. The lowest BCUT2D eigenvalue weighted by Gasteiger charge is -2.14. The van der Waals surface area contributed by atoms with Crippen LogP contribution >= 0.6 is 0 Å². The maximum Gasteiger partial charge on any atom is 0.266 e. The smallest absolute Gasteiger partial charge is 0.266 e. The van der Waals surface area contributed by atoms with Gasteiger partial charge in [-0.05, 0) is 61.4 Å². The summed E-state index contributed by atoms with van der Waals surface area (Å²) >= 11 is 0. The van der Waals surface area contributed by atoms with Crippen LogP contribution in [0.15, 0.2) is 59.8 Å². The first-order chi connectivity index (χ1) is 13.4. The molecule has 2 N–H and O–H groups in total. The summed E-state index contributed by atoms with van der Waals surface area (Å²) in [5.74, 6) is 0.521. The quantitative estimate of drug-likeness (QED) is 0.633. The Bertz CT molecular complexity index is 1050. The molecule has 0 bridgehead atoms. The third kappa shape index (κ3) is 4.58. The fourth-order valence-corrected chi connectivity index (χ4v) is 3.82.